The molecule has 0 saturated carbocycles. The Bertz CT molecular complexity index is 360. The lowest BCUT2D eigenvalue weighted by Gasteiger charge is -2.12. The molecular weight excluding hydrogens is 214 g/mol. The first-order valence-electron chi connectivity index (χ1n) is 4.86. The second-order valence-corrected chi connectivity index (χ2v) is 4.31. The van der Waals surface area contributed by atoms with Gasteiger partial charge in [0, 0.05) is 24.8 Å². The zero-order valence-corrected chi connectivity index (χ0v) is 10.2. The lowest BCUT2D eigenvalue weighted by Crippen LogP contribution is -2.32. The quantitative estimate of drug-likeness (QED) is 0.800. The predicted octanol–water partition coefficient (Wildman–Crippen LogP) is 1.53. The van der Waals surface area contributed by atoms with Crippen molar-refractivity contribution in [3.05, 3.63) is 17.5 Å². The van der Waals surface area contributed by atoms with E-state index in [0.717, 1.165) is 11.3 Å². The molecule has 0 aromatic carbocycles. The molecule has 15 heavy (non-hydrogen) atoms. The normalized spacial score (nSPS) is 12.9. The molecule has 4 nitrogen and oxygen atoms in total. The van der Waals surface area contributed by atoms with Crippen LogP contribution in [0.1, 0.15) is 30.5 Å². The molecule has 0 radical (unpaired) electrons. The molecule has 0 aliphatic carbocycles. The standard InChI is InChI=1S/C10H16ClN3O/c1-6(2)12-10(15)9(11)8-5-14(4)13-7(8)3/h5-6,9H,1-4H3,(H,12,15). The monoisotopic (exact) mass is 229 g/mol. The first-order chi connectivity index (χ1) is 6.91. The summed E-state index contributed by atoms with van der Waals surface area (Å²) >= 11 is 6.05. The van der Waals surface area contributed by atoms with E-state index < -0.39 is 5.38 Å². The van der Waals surface area contributed by atoms with Gasteiger partial charge in [0.05, 0.1) is 5.69 Å². The summed E-state index contributed by atoms with van der Waals surface area (Å²) in [5.41, 5.74) is 1.55. The van der Waals surface area contributed by atoms with Crippen molar-refractivity contribution in [2.75, 3.05) is 0 Å². The van der Waals surface area contributed by atoms with Crippen LogP contribution in [0.15, 0.2) is 6.20 Å². The minimum absolute atomic E-state index is 0.0933. The summed E-state index contributed by atoms with van der Waals surface area (Å²) in [7, 11) is 1.81. The first-order valence-corrected chi connectivity index (χ1v) is 5.30. The van der Waals surface area contributed by atoms with Crippen LogP contribution in [0.3, 0.4) is 0 Å². The summed E-state index contributed by atoms with van der Waals surface area (Å²) in [4.78, 5) is 11.6. The lowest BCUT2D eigenvalue weighted by atomic mass is 10.1. The van der Waals surface area contributed by atoms with Crippen molar-refractivity contribution in [3.8, 4) is 0 Å². The maximum Gasteiger partial charge on any atom is 0.242 e. The third-order valence-corrected chi connectivity index (χ3v) is 2.42. The van der Waals surface area contributed by atoms with Crippen LogP contribution in [-0.2, 0) is 11.8 Å². The molecule has 0 aliphatic rings. The molecule has 84 valence electrons. The summed E-state index contributed by atoms with van der Waals surface area (Å²) in [6.07, 6.45) is 1.77. The molecule has 1 N–H and O–H groups in total. The first kappa shape index (κ1) is 12.0. The summed E-state index contributed by atoms with van der Waals surface area (Å²) in [5, 5.41) is 6.25. The van der Waals surface area contributed by atoms with Crippen molar-refractivity contribution in [2.24, 2.45) is 7.05 Å². The van der Waals surface area contributed by atoms with Gasteiger partial charge in [0.15, 0.2) is 0 Å². The van der Waals surface area contributed by atoms with E-state index in [1.165, 1.54) is 0 Å². The number of aromatic nitrogens is 2. The number of hydrogen-bond donors (Lipinski definition) is 1. The van der Waals surface area contributed by atoms with Crippen LogP contribution in [0.2, 0.25) is 0 Å². The number of nitrogens with zero attached hydrogens (tertiary/aromatic N) is 2. The fourth-order valence-corrected chi connectivity index (χ4v) is 1.64. The number of carbonyl (C=O) groups is 1. The lowest BCUT2D eigenvalue weighted by molar-refractivity contribution is -0.121. The molecule has 0 spiro atoms. The largest absolute Gasteiger partial charge is 0.352 e. The number of carbonyl (C=O) groups excluding carboxylic acids is 1. The van der Waals surface area contributed by atoms with Gasteiger partial charge in [-0.3, -0.25) is 9.48 Å². The van der Waals surface area contributed by atoms with E-state index in [1.54, 1.807) is 17.9 Å². The minimum Gasteiger partial charge on any atom is -0.352 e. The van der Waals surface area contributed by atoms with Crippen LogP contribution in [0.5, 0.6) is 0 Å². The van der Waals surface area contributed by atoms with Gasteiger partial charge in [-0.25, -0.2) is 0 Å². The number of hydrogen-bond acceptors (Lipinski definition) is 2. The van der Waals surface area contributed by atoms with Gasteiger partial charge in [0.25, 0.3) is 0 Å². The second-order valence-electron chi connectivity index (χ2n) is 3.87. The van der Waals surface area contributed by atoms with Crippen LogP contribution in [0.4, 0.5) is 0 Å². The summed E-state index contributed by atoms with van der Waals surface area (Å²) in [6.45, 7) is 5.64. The molecule has 1 rings (SSSR count). The Kier molecular flexibility index (Phi) is 3.74. The van der Waals surface area contributed by atoms with Gasteiger partial charge < -0.3 is 5.32 Å². The summed E-state index contributed by atoms with van der Waals surface area (Å²) < 4.78 is 1.66. The Morgan fingerprint density at radius 3 is 2.60 bits per heavy atom. The van der Waals surface area contributed by atoms with E-state index in [-0.39, 0.29) is 11.9 Å². The van der Waals surface area contributed by atoms with Crippen molar-refractivity contribution in [1.82, 2.24) is 15.1 Å². The van der Waals surface area contributed by atoms with Crippen LogP contribution < -0.4 is 5.32 Å². The molecule has 0 bridgehead atoms. The Labute approximate surface area is 94.6 Å². The number of nitrogens with one attached hydrogen (secondary N) is 1. The van der Waals surface area contributed by atoms with E-state index in [1.807, 2.05) is 20.8 Å². The Balaban J connectivity index is 2.80. The van der Waals surface area contributed by atoms with Gasteiger partial charge in [0.2, 0.25) is 5.91 Å². The zero-order chi connectivity index (χ0) is 11.6. The second kappa shape index (κ2) is 4.66. The van der Waals surface area contributed by atoms with Gasteiger partial charge in [-0.2, -0.15) is 5.10 Å². The molecule has 1 aromatic heterocycles. The molecule has 1 atom stereocenters. The molecule has 1 unspecified atom stereocenters. The Morgan fingerprint density at radius 1 is 1.60 bits per heavy atom. The fourth-order valence-electron chi connectivity index (χ4n) is 1.37. The molecule has 1 heterocycles. The Morgan fingerprint density at radius 2 is 2.20 bits per heavy atom. The fraction of sp³-hybridized carbons (Fsp3) is 0.600. The van der Waals surface area contributed by atoms with E-state index in [4.69, 9.17) is 11.6 Å². The molecule has 5 heteroatoms. The van der Waals surface area contributed by atoms with Crippen molar-refractivity contribution >= 4 is 17.5 Å². The number of alkyl halides is 1. The predicted molar refractivity (Wildman–Crippen MR) is 59.8 cm³/mol. The van der Waals surface area contributed by atoms with E-state index in [2.05, 4.69) is 10.4 Å². The molecular formula is C10H16ClN3O. The van der Waals surface area contributed by atoms with E-state index in [9.17, 15) is 4.79 Å². The third-order valence-electron chi connectivity index (χ3n) is 1.99. The SMILES string of the molecule is Cc1nn(C)cc1C(Cl)C(=O)NC(C)C. The highest BCUT2D eigenvalue weighted by Gasteiger charge is 2.21. The maximum absolute atomic E-state index is 11.6. The average molecular weight is 230 g/mol. The maximum atomic E-state index is 11.6. The molecule has 1 aromatic rings. The average Bonchev–Trinajstić information content (AvgIpc) is 2.42. The van der Waals surface area contributed by atoms with Crippen molar-refractivity contribution in [1.29, 1.82) is 0 Å². The van der Waals surface area contributed by atoms with Gasteiger partial charge in [0.1, 0.15) is 5.38 Å². The number of rotatable bonds is 3. The molecule has 0 aliphatic heterocycles. The Hall–Kier alpha value is -1.03. The highest BCUT2D eigenvalue weighted by molar-refractivity contribution is 6.30. The van der Waals surface area contributed by atoms with Crippen molar-refractivity contribution in [2.45, 2.75) is 32.2 Å². The van der Waals surface area contributed by atoms with Crippen LogP contribution in [0, 0.1) is 6.92 Å². The molecule has 0 fully saturated rings. The van der Waals surface area contributed by atoms with E-state index >= 15 is 0 Å². The van der Waals surface area contributed by atoms with Crippen LogP contribution in [-0.4, -0.2) is 21.7 Å². The molecule has 1 amide bonds. The zero-order valence-electron chi connectivity index (χ0n) is 9.41. The minimum atomic E-state index is -0.666. The highest BCUT2D eigenvalue weighted by atomic mass is 35.5. The number of amides is 1. The van der Waals surface area contributed by atoms with Crippen molar-refractivity contribution in [3.63, 3.8) is 0 Å². The van der Waals surface area contributed by atoms with Crippen molar-refractivity contribution < 1.29 is 4.79 Å². The summed E-state index contributed by atoms with van der Waals surface area (Å²) in [6, 6.07) is 0.0933. The van der Waals surface area contributed by atoms with Crippen LogP contribution in [0.25, 0.3) is 0 Å². The van der Waals surface area contributed by atoms with E-state index in [0.29, 0.717) is 0 Å². The summed E-state index contributed by atoms with van der Waals surface area (Å²) in [5.74, 6) is -0.178. The molecule has 0 saturated heterocycles. The van der Waals surface area contributed by atoms with Gasteiger partial charge in [-0.1, -0.05) is 0 Å². The van der Waals surface area contributed by atoms with Gasteiger partial charge in [-0.05, 0) is 20.8 Å². The third kappa shape index (κ3) is 2.96. The van der Waals surface area contributed by atoms with Gasteiger partial charge >= 0.3 is 0 Å². The van der Waals surface area contributed by atoms with Gasteiger partial charge in [-0.15, -0.1) is 11.6 Å². The smallest absolute Gasteiger partial charge is 0.242 e. The topological polar surface area (TPSA) is 46.9 Å². The van der Waals surface area contributed by atoms with Crippen LogP contribution >= 0.6 is 11.6 Å². The number of halogens is 1. The highest BCUT2D eigenvalue weighted by Crippen LogP contribution is 2.23. The number of aryl methyl sites for hydroxylation is 2.